The molecule has 0 saturated carbocycles. The third-order valence-corrected chi connectivity index (χ3v) is 4.69. The predicted octanol–water partition coefficient (Wildman–Crippen LogP) is 1.69. The molecule has 0 aliphatic carbocycles. The van der Waals surface area contributed by atoms with Crippen LogP contribution < -0.4 is 15.0 Å². The molecule has 7 heteroatoms. The van der Waals surface area contributed by atoms with E-state index in [4.69, 9.17) is 9.47 Å². The summed E-state index contributed by atoms with van der Waals surface area (Å²) in [5.74, 6) is 0.726. The van der Waals surface area contributed by atoms with Crippen molar-refractivity contribution in [2.24, 2.45) is 7.05 Å². The summed E-state index contributed by atoms with van der Waals surface area (Å²) in [7, 11) is 1.52. The Kier molecular flexibility index (Phi) is 3.81. The van der Waals surface area contributed by atoms with E-state index in [-0.39, 0.29) is 11.4 Å². The fraction of sp³-hybridized carbons (Fsp3) is 0.389. The molecule has 0 bridgehead atoms. The number of aliphatic hydroxyl groups is 1. The molecule has 2 atom stereocenters. The van der Waals surface area contributed by atoms with Crippen molar-refractivity contribution in [2.75, 3.05) is 0 Å². The highest BCUT2D eigenvalue weighted by Crippen LogP contribution is 2.48. The van der Waals surface area contributed by atoms with Gasteiger partial charge in [-0.25, -0.2) is 4.68 Å². The van der Waals surface area contributed by atoms with Gasteiger partial charge in [0.1, 0.15) is 17.0 Å². The Morgan fingerprint density at radius 3 is 2.68 bits per heavy atom. The fourth-order valence-corrected chi connectivity index (χ4v) is 2.76. The lowest BCUT2D eigenvalue weighted by Crippen LogP contribution is -2.59. The number of hydrogen-bond acceptors (Lipinski definition) is 6. The van der Waals surface area contributed by atoms with Crippen molar-refractivity contribution < 1.29 is 14.6 Å². The Hall–Kier alpha value is -2.85. The van der Waals surface area contributed by atoms with Gasteiger partial charge in [0.25, 0.3) is 5.56 Å². The maximum atomic E-state index is 11.5. The Bertz CT molecular complexity index is 925. The smallest absolute Gasteiger partial charge is 0.266 e. The molecule has 0 saturated heterocycles. The van der Waals surface area contributed by atoms with E-state index in [0.717, 1.165) is 4.68 Å². The number of fused-ring (bicyclic) bond motifs is 1. The summed E-state index contributed by atoms with van der Waals surface area (Å²) in [4.78, 5) is 11.5. The highest BCUT2D eigenvalue weighted by Gasteiger charge is 2.54. The molecule has 0 spiro atoms. The van der Waals surface area contributed by atoms with E-state index in [1.165, 1.54) is 19.2 Å². The van der Waals surface area contributed by atoms with Crippen LogP contribution >= 0.6 is 0 Å². The third kappa shape index (κ3) is 2.75. The zero-order valence-corrected chi connectivity index (χ0v) is 14.5. The van der Waals surface area contributed by atoms with Gasteiger partial charge < -0.3 is 14.6 Å². The monoisotopic (exact) mass is 341 g/mol. The van der Waals surface area contributed by atoms with Gasteiger partial charge in [0.2, 0.25) is 5.88 Å². The average molecular weight is 341 g/mol. The van der Waals surface area contributed by atoms with Crippen molar-refractivity contribution in [1.29, 1.82) is 5.26 Å². The molecule has 25 heavy (non-hydrogen) atoms. The van der Waals surface area contributed by atoms with Crippen molar-refractivity contribution in [3.63, 3.8) is 0 Å². The zero-order valence-electron chi connectivity index (χ0n) is 14.5. The Morgan fingerprint density at radius 1 is 1.32 bits per heavy atom. The molecule has 3 rings (SSSR count). The normalized spacial score (nSPS) is 23.9. The van der Waals surface area contributed by atoms with Gasteiger partial charge >= 0.3 is 0 Å². The third-order valence-electron chi connectivity index (χ3n) is 4.69. The van der Waals surface area contributed by atoms with Crippen LogP contribution in [-0.4, -0.2) is 26.1 Å². The van der Waals surface area contributed by atoms with Crippen LogP contribution in [0.2, 0.25) is 0 Å². The van der Waals surface area contributed by atoms with E-state index in [9.17, 15) is 15.2 Å². The van der Waals surface area contributed by atoms with Crippen LogP contribution in [0.5, 0.6) is 11.6 Å². The molecule has 1 N–H and O–H groups in total. The number of aryl methyl sites for hydroxylation is 1. The second-order valence-electron chi connectivity index (χ2n) is 6.76. The maximum absolute atomic E-state index is 11.5. The average Bonchev–Trinajstić information content (AvgIpc) is 2.55. The number of nitriles is 1. The summed E-state index contributed by atoms with van der Waals surface area (Å²) in [6.07, 6.45) is -0.829. The maximum Gasteiger partial charge on any atom is 0.266 e. The Labute approximate surface area is 145 Å². The Balaban J connectivity index is 2.13. The van der Waals surface area contributed by atoms with Gasteiger partial charge in [0, 0.05) is 24.7 Å². The lowest BCUT2D eigenvalue weighted by atomic mass is 9.77. The summed E-state index contributed by atoms with van der Waals surface area (Å²) < 4.78 is 13.0. The Morgan fingerprint density at radius 2 is 2.04 bits per heavy atom. The molecular formula is C18H19N3O4. The largest absolute Gasteiger partial charge is 0.484 e. The van der Waals surface area contributed by atoms with Crippen molar-refractivity contribution >= 4 is 0 Å². The van der Waals surface area contributed by atoms with Gasteiger partial charge in [0.15, 0.2) is 6.10 Å². The highest BCUT2D eigenvalue weighted by atomic mass is 16.6. The van der Waals surface area contributed by atoms with E-state index in [1.54, 1.807) is 39.0 Å². The first-order chi connectivity index (χ1) is 11.7. The van der Waals surface area contributed by atoms with E-state index < -0.39 is 17.3 Å². The summed E-state index contributed by atoms with van der Waals surface area (Å²) in [6.45, 7) is 5.14. The van der Waals surface area contributed by atoms with Gasteiger partial charge in [-0.05, 0) is 39.0 Å². The first kappa shape index (κ1) is 17.0. The SMILES string of the molecule is Cn1nc(OC2c3cc(C#N)ccc3OC(C)(C)C2(C)O)ccc1=O. The van der Waals surface area contributed by atoms with Crippen LogP contribution in [0, 0.1) is 11.3 Å². The van der Waals surface area contributed by atoms with E-state index in [0.29, 0.717) is 16.9 Å². The lowest BCUT2D eigenvalue weighted by Gasteiger charge is -2.48. The molecular weight excluding hydrogens is 322 g/mol. The van der Waals surface area contributed by atoms with E-state index in [1.807, 2.05) is 0 Å². The molecule has 2 unspecified atom stereocenters. The van der Waals surface area contributed by atoms with Gasteiger partial charge in [-0.3, -0.25) is 4.79 Å². The van der Waals surface area contributed by atoms with E-state index in [2.05, 4.69) is 11.2 Å². The standard InChI is InChI=1S/C18H19N3O4/c1-17(2)18(3,23)16(24-14-7-8-15(22)21(4)20-14)12-9-11(10-19)5-6-13(12)25-17/h5-9,16,23H,1-4H3. The summed E-state index contributed by atoms with van der Waals surface area (Å²) in [6, 6.07) is 9.84. The number of nitrogens with zero attached hydrogens (tertiary/aromatic N) is 3. The van der Waals surface area contributed by atoms with Gasteiger partial charge in [0.05, 0.1) is 11.6 Å². The molecule has 0 amide bonds. The number of aromatic nitrogens is 2. The predicted molar refractivity (Wildman–Crippen MR) is 89.3 cm³/mol. The molecule has 2 heterocycles. The minimum absolute atomic E-state index is 0.193. The topological polar surface area (TPSA) is 97.4 Å². The molecule has 1 aromatic heterocycles. The fourth-order valence-electron chi connectivity index (χ4n) is 2.76. The summed E-state index contributed by atoms with van der Waals surface area (Å²) in [5.41, 5.74) is -1.64. The number of rotatable bonds is 2. The number of ether oxygens (including phenoxy) is 2. The van der Waals surface area contributed by atoms with Gasteiger partial charge in [-0.2, -0.15) is 5.26 Å². The number of hydrogen-bond donors (Lipinski definition) is 1. The van der Waals surface area contributed by atoms with Crippen LogP contribution in [0.1, 0.15) is 38.0 Å². The van der Waals surface area contributed by atoms with E-state index >= 15 is 0 Å². The summed E-state index contributed by atoms with van der Waals surface area (Å²) in [5, 5.41) is 24.4. The molecule has 1 aliphatic heterocycles. The second-order valence-corrected chi connectivity index (χ2v) is 6.76. The molecule has 1 aromatic carbocycles. The van der Waals surface area contributed by atoms with Crippen molar-refractivity contribution in [3.05, 3.63) is 51.8 Å². The molecule has 7 nitrogen and oxygen atoms in total. The van der Waals surface area contributed by atoms with Gasteiger partial charge in [-0.1, -0.05) is 0 Å². The molecule has 0 radical (unpaired) electrons. The quantitative estimate of drug-likeness (QED) is 0.893. The minimum Gasteiger partial charge on any atom is -0.484 e. The van der Waals surface area contributed by atoms with Crippen molar-refractivity contribution in [3.8, 4) is 17.7 Å². The molecule has 2 aromatic rings. The number of benzene rings is 1. The van der Waals surface area contributed by atoms with Crippen LogP contribution in [0.15, 0.2) is 35.1 Å². The highest BCUT2D eigenvalue weighted by molar-refractivity contribution is 5.47. The second kappa shape index (κ2) is 5.60. The molecule has 0 fully saturated rings. The van der Waals surface area contributed by atoms with Crippen LogP contribution in [0.3, 0.4) is 0 Å². The first-order valence-electron chi connectivity index (χ1n) is 7.82. The van der Waals surface area contributed by atoms with Crippen LogP contribution in [-0.2, 0) is 7.05 Å². The van der Waals surface area contributed by atoms with Crippen molar-refractivity contribution in [2.45, 2.75) is 38.1 Å². The van der Waals surface area contributed by atoms with Crippen LogP contribution in [0.4, 0.5) is 0 Å². The molecule has 1 aliphatic rings. The first-order valence-corrected chi connectivity index (χ1v) is 7.82. The lowest BCUT2D eigenvalue weighted by molar-refractivity contribution is -0.175. The van der Waals surface area contributed by atoms with Crippen LogP contribution in [0.25, 0.3) is 0 Å². The minimum atomic E-state index is -1.41. The zero-order chi connectivity index (χ0) is 18.4. The van der Waals surface area contributed by atoms with Crippen molar-refractivity contribution in [1.82, 2.24) is 9.78 Å². The molecule has 130 valence electrons. The summed E-state index contributed by atoms with van der Waals surface area (Å²) >= 11 is 0. The van der Waals surface area contributed by atoms with Gasteiger partial charge in [-0.15, -0.1) is 5.10 Å².